The van der Waals surface area contributed by atoms with E-state index in [2.05, 4.69) is 10.3 Å². The molecule has 1 amide bonds. The van der Waals surface area contributed by atoms with E-state index in [9.17, 15) is 14.0 Å². The van der Waals surface area contributed by atoms with Gasteiger partial charge >= 0.3 is 0 Å². The van der Waals surface area contributed by atoms with E-state index in [4.69, 9.17) is 0 Å². The lowest BCUT2D eigenvalue weighted by Gasteiger charge is -2.13. The summed E-state index contributed by atoms with van der Waals surface area (Å²) < 4.78 is 15.3. The number of hydrogen-bond acceptors (Lipinski definition) is 4. The Kier molecular flexibility index (Phi) is 7.52. The minimum absolute atomic E-state index is 0.000484. The lowest BCUT2D eigenvalue weighted by Crippen LogP contribution is -2.25. The number of thioether (sulfide) groups is 1. The molecule has 0 aliphatic heterocycles. The number of carbonyl (C=O) groups excluding carboxylic acids is 1. The first kappa shape index (κ1) is 22.7. The maximum absolute atomic E-state index is 13.8. The first-order valence-electron chi connectivity index (χ1n) is 10.8. The Morgan fingerprint density at radius 1 is 1.00 bits per heavy atom. The molecule has 1 N–H and O–H groups in total. The second-order valence-electron chi connectivity index (χ2n) is 7.57. The Labute approximate surface area is 195 Å². The van der Waals surface area contributed by atoms with Crippen molar-refractivity contribution in [2.75, 3.05) is 12.3 Å². The first-order valence-corrected chi connectivity index (χ1v) is 11.8. The highest BCUT2D eigenvalue weighted by Gasteiger charge is 2.14. The topological polar surface area (TPSA) is 64.0 Å². The summed E-state index contributed by atoms with van der Waals surface area (Å²) in [6.45, 7) is 0.599. The summed E-state index contributed by atoms with van der Waals surface area (Å²) in [5.41, 5.74) is 1.97. The highest BCUT2D eigenvalue weighted by atomic mass is 32.2. The normalized spacial score (nSPS) is 10.9. The van der Waals surface area contributed by atoms with Crippen LogP contribution in [0.25, 0.3) is 16.6 Å². The van der Waals surface area contributed by atoms with Crippen molar-refractivity contribution in [3.05, 3.63) is 101 Å². The number of hydrogen-bond donors (Lipinski definition) is 1. The summed E-state index contributed by atoms with van der Waals surface area (Å²) in [4.78, 5) is 30.0. The second-order valence-corrected chi connectivity index (χ2v) is 8.63. The number of aromatic nitrogens is 2. The third-order valence-corrected chi connectivity index (χ3v) is 6.19. The van der Waals surface area contributed by atoms with Gasteiger partial charge in [-0.05, 0) is 48.7 Å². The molecule has 1 aromatic heterocycles. The molecular weight excluding hydrogens is 437 g/mol. The van der Waals surface area contributed by atoms with Gasteiger partial charge in [-0.3, -0.25) is 14.2 Å². The van der Waals surface area contributed by atoms with Gasteiger partial charge in [0, 0.05) is 18.7 Å². The fourth-order valence-electron chi connectivity index (χ4n) is 3.53. The molecule has 7 heteroatoms. The first-order chi connectivity index (χ1) is 16.1. The molecule has 1 heterocycles. The monoisotopic (exact) mass is 461 g/mol. The maximum atomic E-state index is 13.8. The van der Waals surface area contributed by atoms with Crippen LogP contribution >= 0.6 is 11.8 Å². The Balaban J connectivity index is 1.40. The average molecular weight is 462 g/mol. The fourth-order valence-corrected chi connectivity index (χ4v) is 4.48. The SMILES string of the molecule is O=C(CCCSc1nc2ccccc2c(=O)n1-c1cccc(F)c1)NCCc1ccccc1. The summed E-state index contributed by atoms with van der Waals surface area (Å²) >= 11 is 1.39. The van der Waals surface area contributed by atoms with E-state index in [1.807, 2.05) is 36.4 Å². The van der Waals surface area contributed by atoms with Crippen LogP contribution in [0.4, 0.5) is 4.39 Å². The van der Waals surface area contributed by atoms with Crippen molar-refractivity contribution in [1.82, 2.24) is 14.9 Å². The predicted octanol–water partition coefficient (Wildman–Crippen LogP) is 4.76. The molecule has 4 rings (SSSR count). The van der Waals surface area contributed by atoms with Crippen LogP contribution in [0.3, 0.4) is 0 Å². The van der Waals surface area contributed by atoms with Crippen LogP contribution in [0.15, 0.2) is 88.8 Å². The van der Waals surface area contributed by atoms with Crippen molar-refractivity contribution < 1.29 is 9.18 Å². The van der Waals surface area contributed by atoms with Crippen molar-refractivity contribution in [2.24, 2.45) is 0 Å². The number of benzene rings is 3. The zero-order valence-electron chi connectivity index (χ0n) is 18.0. The summed E-state index contributed by atoms with van der Waals surface area (Å²) in [6.07, 6.45) is 1.81. The van der Waals surface area contributed by atoms with Gasteiger partial charge < -0.3 is 5.32 Å². The van der Waals surface area contributed by atoms with Crippen LogP contribution in [-0.4, -0.2) is 27.8 Å². The van der Waals surface area contributed by atoms with Gasteiger partial charge in [0.15, 0.2) is 5.16 Å². The molecule has 0 saturated carbocycles. The van der Waals surface area contributed by atoms with Crippen molar-refractivity contribution in [3.8, 4) is 5.69 Å². The van der Waals surface area contributed by atoms with E-state index in [1.165, 1.54) is 34.0 Å². The third kappa shape index (κ3) is 5.87. The highest BCUT2D eigenvalue weighted by Crippen LogP contribution is 2.22. The van der Waals surface area contributed by atoms with Gasteiger partial charge in [0.25, 0.3) is 5.56 Å². The Bertz CT molecular complexity index is 1310. The fraction of sp³-hybridized carbons (Fsp3) is 0.192. The summed E-state index contributed by atoms with van der Waals surface area (Å²) in [6, 6.07) is 23.1. The van der Waals surface area contributed by atoms with E-state index in [0.29, 0.717) is 46.9 Å². The Hall–Kier alpha value is -3.45. The second kappa shape index (κ2) is 10.9. The molecule has 0 radical (unpaired) electrons. The van der Waals surface area contributed by atoms with Crippen molar-refractivity contribution in [1.29, 1.82) is 0 Å². The van der Waals surface area contributed by atoms with Gasteiger partial charge in [-0.25, -0.2) is 9.37 Å². The van der Waals surface area contributed by atoms with E-state index < -0.39 is 5.82 Å². The van der Waals surface area contributed by atoms with Crippen LogP contribution < -0.4 is 10.9 Å². The molecule has 0 bridgehead atoms. The van der Waals surface area contributed by atoms with Crippen LogP contribution in [0.5, 0.6) is 0 Å². The zero-order valence-corrected chi connectivity index (χ0v) is 18.9. The number of nitrogens with one attached hydrogen (secondary N) is 1. The molecule has 4 aromatic rings. The number of amides is 1. The molecule has 5 nitrogen and oxygen atoms in total. The smallest absolute Gasteiger partial charge is 0.266 e. The van der Waals surface area contributed by atoms with Gasteiger partial charge in [0.1, 0.15) is 5.82 Å². The van der Waals surface area contributed by atoms with Gasteiger partial charge in [0.05, 0.1) is 16.6 Å². The van der Waals surface area contributed by atoms with Gasteiger partial charge in [0.2, 0.25) is 5.91 Å². The van der Waals surface area contributed by atoms with E-state index in [1.54, 1.807) is 30.3 Å². The maximum Gasteiger partial charge on any atom is 0.266 e. The number of carbonyl (C=O) groups is 1. The van der Waals surface area contributed by atoms with Crippen LogP contribution in [0.1, 0.15) is 18.4 Å². The molecule has 3 aromatic carbocycles. The highest BCUT2D eigenvalue weighted by molar-refractivity contribution is 7.99. The summed E-state index contributed by atoms with van der Waals surface area (Å²) in [5, 5.41) is 3.90. The molecule has 0 aliphatic rings. The molecule has 0 atom stereocenters. The number of fused-ring (bicyclic) bond motifs is 1. The molecule has 168 valence electrons. The molecule has 0 spiro atoms. The molecule has 33 heavy (non-hydrogen) atoms. The van der Waals surface area contributed by atoms with Crippen LogP contribution in [-0.2, 0) is 11.2 Å². The van der Waals surface area contributed by atoms with E-state index in [0.717, 1.165) is 6.42 Å². The number of para-hydroxylation sites is 1. The lowest BCUT2D eigenvalue weighted by atomic mass is 10.1. The third-order valence-electron chi connectivity index (χ3n) is 5.17. The van der Waals surface area contributed by atoms with Gasteiger partial charge in [-0.15, -0.1) is 0 Å². The Morgan fingerprint density at radius 2 is 1.79 bits per heavy atom. The molecule has 0 saturated heterocycles. The molecule has 0 unspecified atom stereocenters. The Morgan fingerprint density at radius 3 is 2.61 bits per heavy atom. The van der Waals surface area contributed by atoms with Crippen molar-refractivity contribution in [2.45, 2.75) is 24.4 Å². The van der Waals surface area contributed by atoms with Crippen LogP contribution in [0, 0.1) is 5.82 Å². The predicted molar refractivity (Wildman–Crippen MR) is 130 cm³/mol. The minimum Gasteiger partial charge on any atom is -0.356 e. The summed E-state index contributed by atoms with van der Waals surface area (Å²) in [5.74, 6) is 0.183. The zero-order chi connectivity index (χ0) is 23.0. The van der Waals surface area contributed by atoms with Crippen LogP contribution in [0.2, 0.25) is 0 Å². The average Bonchev–Trinajstić information content (AvgIpc) is 2.83. The molecule has 0 aliphatic carbocycles. The standard InChI is InChI=1S/C26H24FN3O2S/c27-20-10-6-11-21(18-20)30-25(32)22-12-4-5-13-23(22)29-26(30)33-17-7-14-24(31)28-16-15-19-8-2-1-3-9-19/h1-6,8-13,18H,7,14-17H2,(H,28,31). The van der Waals surface area contributed by atoms with Crippen molar-refractivity contribution in [3.63, 3.8) is 0 Å². The van der Waals surface area contributed by atoms with E-state index >= 15 is 0 Å². The minimum atomic E-state index is -0.421. The quantitative estimate of drug-likeness (QED) is 0.222. The van der Waals surface area contributed by atoms with Gasteiger partial charge in [-0.2, -0.15) is 0 Å². The molecule has 0 fully saturated rings. The molecular formula is C26H24FN3O2S. The largest absolute Gasteiger partial charge is 0.356 e. The van der Waals surface area contributed by atoms with E-state index in [-0.39, 0.29) is 11.5 Å². The number of nitrogens with zero attached hydrogens (tertiary/aromatic N) is 2. The summed E-state index contributed by atoms with van der Waals surface area (Å²) in [7, 11) is 0. The van der Waals surface area contributed by atoms with Crippen molar-refractivity contribution >= 4 is 28.6 Å². The number of halogens is 1. The van der Waals surface area contributed by atoms with Gasteiger partial charge in [-0.1, -0.05) is 60.3 Å². The number of rotatable bonds is 9. The lowest BCUT2D eigenvalue weighted by molar-refractivity contribution is -0.121.